The van der Waals surface area contributed by atoms with E-state index in [0.717, 1.165) is 32.1 Å². The lowest BCUT2D eigenvalue weighted by atomic mass is 9.93. The van der Waals surface area contributed by atoms with E-state index in [1.165, 1.54) is 0 Å². The Morgan fingerprint density at radius 2 is 1.81 bits per heavy atom. The van der Waals surface area contributed by atoms with Gasteiger partial charge in [0.05, 0.1) is 5.75 Å². The van der Waals surface area contributed by atoms with Crippen molar-refractivity contribution in [3.63, 3.8) is 0 Å². The van der Waals surface area contributed by atoms with Gasteiger partial charge in [0, 0.05) is 12.1 Å². The van der Waals surface area contributed by atoms with E-state index >= 15 is 0 Å². The van der Waals surface area contributed by atoms with Crippen molar-refractivity contribution in [3.05, 3.63) is 0 Å². The minimum atomic E-state index is -3.08. The van der Waals surface area contributed by atoms with E-state index in [1.807, 2.05) is 13.8 Å². The van der Waals surface area contributed by atoms with Gasteiger partial charge in [-0.05, 0) is 38.0 Å². The fraction of sp³-hybridized carbons (Fsp3) is 1.00. The van der Waals surface area contributed by atoms with Crippen molar-refractivity contribution >= 4 is 10.0 Å². The maximum Gasteiger partial charge on any atom is 0.211 e. The topological polar surface area (TPSA) is 72.2 Å². The number of hydrogen-bond donors (Lipinski definition) is 2. The van der Waals surface area contributed by atoms with Crippen LogP contribution in [0.1, 0.15) is 46.0 Å². The molecule has 4 nitrogen and oxygen atoms in total. The fourth-order valence-corrected chi connectivity index (χ4v) is 3.58. The smallest absolute Gasteiger partial charge is 0.211 e. The molecule has 0 aromatic heterocycles. The van der Waals surface area contributed by atoms with Crippen molar-refractivity contribution in [2.45, 2.75) is 58.0 Å². The molecule has 0 saturated heterocycles. The second kappa shape index (κ2) is 5.98. The summed E-state index contributed by atoms with van der Waals surface area (Å²) in [7, 11) is -3.08. The molecule has 0 unspecified atom stereocenters. The normalized spacial score (nSPS) is 27.2. The van der Waals surface area contributed by atoms with Gasteiger partial charge in [0.1, 0.15) is 0 Å². The van der Waals surface area contributed by atoms with Crippen molar-refractivity contribution in [3.8, 4) is 0 Å². The lowest BCUT2D eigenvalue weighted by Crippen LogP contribution is -2.41. The highest BCUT2D eigenvalue weighted by atomic mass is 32.2. The van der Waals surface area contributed by atoms with E-state index in [2.05, 4.69) is 4.72 Å². The Balaban J connectivity index is 2.35. The number of nitrogens with one attached hydrogen (secondary N) is 1. The summed E-state index contributed by atoms with van der Waals surface area (Å²) in [6.45, 7) is 4.07. The Morgan fingerprint density at radius 3 is 2.31 bits per heavy atom. The highest BCUT2D eigenvalue weighted by molar-refractivity contribution is 7.89. The molecule has 0 amide bonds. The molecule has 1 rings (SSSR count). The number of sulfonamides is 1. The minimum Gasteiger partial charge on any atom is -0.328 e. The first-order chi connectivity index (χ1) is 7.39. The number of hydrogen-bond acceptors (Lipinski definition) is 3. The van der Waals surface area contributed by atoms with Crippen LogP contribution >= 0.6 is 0 Å². The molecule has 0 aliphatic heterocycles. The zero-order chi connectivity index (χ0) is 12.2. The van der Waals surface area contributed by atoms with E-state index < -0.39 is 10.0 Å². The van der Waals surface area contributed by atoms with Crippen LogP contribution in [0.2, 0.25) is 0 Å². The quantitative estimate of drug-likeness (QED) is 0.768. The highest BCUT2D eigenvalue weighted by Gasteiger charge is 2.22. The van der Waals surface area contributed by atoms with Gasteiger partial charge < -0.3 is 5.73 Å². The van der Waals surface area contributed by atoms with Crippen LogP contribution < -0.4 is 10.5 Å². The van der Waals surface area contributed by atoms with Crippen LogP contribution in [0.15, 0.2) is 0 Å². The van der Waals surface area contributed by atoms with Crippen LogP contribution in [-0.4, -0.2) is 26.3 Å². The molecule has 0 radical (unpaired) electrons. The first kappa shape index (κ1) is 13.9. The number of rotatable bonds is 5. The lowest BCUT2D eigenvalue weighted by molar-refractivity contribution is 0.373. The van der Waals surface area contributed by atoms with Gasteiger partial charge in [-0.15, -0.1) is 0 Å². The summed E-state index contributed by atoms with van der Waals surface area (Å²) in [6.07, 6.45) is 4.33. The zero-order valence-electron chi connectivity index (χ0n) is 10.3. The van der Waals surface area contributed by atoms with Gasteiger partial charge in [-0.1, -0.05) is 13.8 Å². The molecule has 16 heavy (non-hydrogen) atoms. The Bertz CT molecular complexity index is 293. The molecule has 1 saturated carbocycles. The summed E-state index contributed by atoms with van der Waals surface area (Å²) in [6, 6.07) is 0.369. The molecular weight excluding hydrogens is 224 g/mol. The molecule has 0 atom stereocenters. The van der Waals surface area contributed by atoms with E-state index in [4.69, 9.17) is 5.73 Å². The molecule has 1 aliphatic rings. The summed E-state index contributed by atoms with van der Waals surface area (Å²) in [5.74, 6) is 0.670. The average Bonchev–Trinajstić information content (AvgIpc) is 2.19. The zero-order valence-corrected chi connectivity index (χ0v) is 11.1. The van der Waals surface area contributed by atoms with Gasteiger partial charge in [0.2, 0.25) is 10.0 Å². The van der Waals surface area contributed by atoms with Crippen molar-refractivity contribution in [1.29, 1.82) is 0 Å². The van der Waals surface area contributed by atoms with Crippen LogP contribution in [0.4, 0.5) is 0 Å². The predicted molar refractivity (Wildman–Crippen MR) is 66.6 cm³/mol. The molecule has 0 spiro atoms. The molecule has 3 N–H and O–H groups in total. The third-order valence-corrected chi connectivity index (χ3v) is 4.55. The SMILES string of the molecule is CC(C)CCS(=O)(=O)NC1CCC(N)CC1. The number of nitrogens with two attached hydrogens (primary N) is 1. The Morgan fingerprint density at radius 1 is 1.25 bits per heavy atom. The van der Waals surface area contributed by atoms with Crippen LogP contribution in [0.3, 0.4) is 0 Å². The minimum absolute atomic E-state index is 0.108. The molecule has 5 heteroatoms. The summed E-state index contributed by atoms with van der Waals surface area (Å²) >= 11 is 0. The van der Waals surface area contributed by atoms with Crippen LogP contribution in [-0.2, 0) is 10.0 Å². The third-order valence-electron chi connectivity index (χ3n) is 3.08. The van der Waals surface area contributed by atoms with E-state index in [9.17, 15) is 8.42 Å². The summed E-state index contributed by atoms with van der Waals surface area (Å²) < 4.78 is 26.3. The Labute approximate surface area is 99.0 Å². The average molecular weight is 248 g/mol. The predicted octanol–water partition coefficient (Wildman–Crippen LogP) is 1.22. The largest absolute Gasteiger partial charge is 0.328 e. The monoisotopic (exact) mass is 248 g/mol. The summed E-state index contributed by atoms with van der Waals surface area (Å²) in [5, 5.41) is 0. The van der Waals surface area contributed by atoms with Gasteiger partial charge in [-0.2, -0.15) is 0 Å². The molecule has 1 aliphatic carbocycles. The van der Waals surface area contributed by atoms with Crippen LogP contribution in [0, 0.1) is 5.92 Å². The van der Waals surface area contributed by atoms with Gasteiger partial charge in [-0.25, -0.2) is 13.1 Å². The van der Waals surface area contributed by atoms with Crippen LogP contribution in [0.5, 0.6) is 0 Å². The molecule has 96 valence electrons. The maximum atomic E-state index is 11.7. The van der Waals surface area contributed by atoms with Gasteiger partial charge in [0.25, 0.3) is 0 Å². The molecule has 1 fully saturated rings. The van der Waals surface area contributed by atoms with E-state index in [-0.39, 0.29) is 17.8 Å². The van der Waals surface area contributed by atoms with Crippen molar-refractivity contribution < 1.29 is 8.42 Å². The molecule has 0 aromatic carbocycles. The van der Waals surface area contributed by atoms with Gasteiger partial charge >= 0.3 is 0 Å². The summed E-state index contributed by atoms with van der Waals surface area (Å²) in [5.41, 5.74) is 5.78. The van der Waals surface area contributed by atoms with Gasteiger partial charge in [-0.3, -0.25) is 0 Å². The molecule has 0 bridgehead atoms. The third kappa shape index (κ3) is 5.27. The fourth-order valence-electron chi connectivity index (χ4n) is 1.94. The highest BCUT2D eigenvalue weighted by Crippen LogP contribution is 2.17. The first-order valence-corrected chi connectivity index (χ1v) is 7.80. The summed E-state index contributed by atoms with van der Waals surface area (Å²) in [4.78, 5) is 0. The van der Waals surface area contributed by atoms with Crippen molar-refractivity contribution in [2.24, 2.45) is 11.7 Å². The first-order valence-electron chi connectivity index (χ1n) is 6.14. The molecular formula is C11H24N2O2S. The maximum absolute atomic E-state index is 11.7. The lowest BCUT2D eigenvalue weighted by Gasteiger charge is -2.26. The standard InChI is InChI=1S/C11H24N2O2S/c1-9(2)7-8-16(14,15)13-11-5-3-10(12)4-6-11/h9-11,13H,3-8,12H2,1-2H3. The van der Waals surface area contributed by atoms with E-state index in [0.29, 0.717) is 5.92 Å². The molecule has 0 aromatic rings. The van der Waals surface area contributed by atoms with E-state index in [1.54, 1.807) is 0 Å². The van der Waals surface area contributed by atoms with Crippen molar-refractivity contribution in [1.82, 2.24) is 4.72 Å². The molecule has 0 heterocycles. The Hall–Kier alpha value is -0.130. The Kier molecular flexibility index (Phi) is 5.21. The second-order valence-electron chi connectivity index (χ2n) is 5.23. The second-order valence-corrected chi connectivity index (χ2v) is 7.10. The van der Waals surface area contributed by atoms with Crippen LogP contribution in [0.25, 0.3) is 0 Å². The van der Waals surface area contributed by atoms with Gasteiger partial charge in [0.15, 0.2) is 0 Å². The van der Waals surface area contributed by atoms with Crippen molar-refractivity contribution in [2.75, 3.05) is 5.75 Å².